The van der Waals surface area contributed by atoms with Crippen LogP contribution in [0.4, 0.5) is 0 Å². The summed E-state index contributed by atoms with van der Waals surface area (Å²) in [5.74, 6) is 0. The predicted molar refractivity (Wildman–Crippen MR) is 140 cm³/mol. The van der Waals surface area contributed by atoms with Gasteiger partial charge in [0.25, 0.3) is 0 Å². The Morgan fingerprint density at radius 2 is 1.21 bits per heavy atom. The zero-order valence-corrected chi connectivity index (χ0v) is 21.5. The van der Waals surface area contributed by atoms with Crippen molar-refractivity contribution in [3.05, 3.63) is 65.7 Å². The van der Waals surface area contributed by atoms with Gasteiger partial charge in [0, 0.05) is 0 Å². The Hall–Kier alpha value is -2.10. The first-order valence-corrected chi connectivity index (χ1v) is 12.4. The van der Waals surface area contributed by atoms with Crippen molar-refractivity contribution in [3.63, 3.8) is 0 Å². The Bertz CT molecular complexity index is 1220. The normalized spacial score (nSPS) is 22.4. The van der Waals surface area contributed by atoms with Gasteiger partial charge in [0.15, 0.2) is 0 Å². The molecule has 5 rings (SSSR count). The van der Waals surface area contributed by atoms with Crippen LogP contribution in [0.2, 0.25) is 0 Å². The smallest absolute Gasteiger partial charge is 0.399 e. The first kappa shape index (κ1) is 22.7. The van der Waals surface area contributed by atoms with Gasteiger partial charge in [0.1, 0.15) is 0 Å². The molecule has 1 aliphatic carbocycles. The van der Waals surface area contributed by atoms with Crippen molar-refractivity contribution in [2.45, 2.75) is 90.3 Å². The van der Waals surface area contributed by atoms with Crippen LogP contribution in [0.5, 0.6) is 0 Å². The largest absolute Gasteiger partial charge is 0.495 e. The molecule has 0 aromatic heterocycles. The Kier molecular flexibility index (Phi) is 4.95. The topological polar surface area (TPSA) is 18.5 Å². The summed E-state index contributed by atoms with van der Waals surface area (Å²) in [5.41, 5.74) is 6.38. The summed E-state index contributed by atoms with van der Waals surface area (Å²) in [4.78, 5) is 0. The quantitative estimate of drug-likeness (QED) is 0.394. The van der Waals surface area contributed by atoms with Gasteiger partial charge in [-0.1, -0.05) is 82.3 Å². The average molecular weight is 440 g/mol. The molecule has 1 heterocycles. The summed E-state index contributed by atoms with van der Waals surface area (Å²) >= 11 is 0. The molecule has 0 spiro atoms. The molecule has 3 aromatic carbocycles. The van der Waals surface area contributed by atoms with Crippen LogP contribution >= 0.6 is 0 Å². The van der Waals surface area contributed by atoms with E-state index < -0.39 is 0 Å². The molecule has 0 bridgehead atoms. The van der Waals surface area contributed by atoms with E-state index in [2.05, 4.69) is 110 Å². The minimum absolute atomic E-state index is 0.194. The lowest BCUT2D eigenvalue weighted by atomic mass is 9.63. The minimum atomic E-state index is -0.364. The molecule has 0 atom stereocenters. The summed E-state index contributed by atoms with van der Waals surface area (Å²) < 4.78 is 12.8. The fraction of sp³-hybridized carbons (Fsp3) is 0.467. The highest BCUT2D eigenvalue weighted by Gasteiger charge is 2.52. The number of benzene rings is 3. The molecule has 0 unspecified atom stereocenters. The first-order valence-electron chi connectivity index (χ1n) is 12.4. The molecule has 0 saturated carbocycles. The van der Waals surface area contributed by atoms with Gasteiger partial charge < -0.3 is 9.31 Å². The Balaban J connectivity index is 1.64. The van der Waals surface area contributed by atoms with Crippen LogP contribution in [-0.4, -0.2) is 18.3 Å². The van der Waals surface area contributed by atoms with E-state index in [1.807, 2.05) is 0 Å². The molecule has 2 aliphatic rings. The van der Waals surface area contributed by atoms with Crippen LogP contribution in [0.25, 0.3) is 21.9 Å². The fourth-order valence-electron chi connectivity index (χ4n) is 5.51. The van der Waals surface area contributed by atoms with Crippen molar-refractivity contribution in [2.75, 3.05) is 0 Å². The summed E-state index contributed by atoms with van der Waals surface area (Å²) in [5, 5.41) is 2.45. The van der Waals surface area contributed by atoms with Gasteiger partial charge in [0.2, 0.25) is 0 Å². The van der Waals surface area contributed by atoms with Crippen molar-refractivity contribution in [1.82, 2.24) is 0 Å². The minimum Gasteiger partial charge on any atom is -0.399 e. The van der Waals surface area contributed by atoms with Gasteiger partial charge in [-0.05, 0) is 89.9 Å². The lowest BCUT2D eigenvalue weighted by molar-refractivity contribution is 0.00578. The van der Waals surface area contributed by atoms with E-state index in [0.29, 0.717) is 0 Å². The van der Waals surface area contributed by atoms with Crippen molar-refractivity contribution in [1.29, 1.82) is 0 Å². The first-order chi connectivity index (χ1) is 15.3. The molecule has 172 valence electrons. The van der Waals surface area contributed by atoms with Gasteiger partial charge >= 0.3 is 7.12 Å². The molecule has 0 N–H and O–H groups in total. The number of rotatable bonds is 2. The zero-order chi connectivity index (χ0) is 23.8. The lowest BCUT2D eigenvalue weighted by Gasteiger charge is -2.42. The molecule has 1 aliphatic heterocycles. The second kappa shape index (κ2) is 7.20. The maximum absolute atomic E-state index is 6.41. The van der Waals surface area contributed by atoms with Crippen molar-refractivity contribution in [3.8, 4) is 11.1 Å². The van der Waals surface area contributed by atoms with Gasteiger partial charge in [-0.25, -0.2) is 0 Å². The number of fused-ring (bicyclic) bond motifs is 2. The molecule has 0 amide bonds. The fourth-order valence-corrected chi connectivity index (χ4v) is 5.51. The van der Waals surface area contributed by atoms with E-state index in [1.54, 1.807) is 0 Å². The van der Waals surface area contributed by atoms with Crippen LogP contribution in [0.1, 0.15) is 79.4 Å². The van der Waals surface area contributed by atoms with Crippen LogP contribution in [0.15, 0.2) is 54.6 Å². The van der Waals surface area contributed by atoms with Crippen LogP contribution in [0, 0.1) is 0 Å². The third-order valence-corrected chi connectivity index (χ3v) is 8.63. The third-order valence-electron chi connectivity index (χ3n) is 8.63. The summed E-state index contributed by atoms with van der Waals surface area (Å²) in [7, 11) is -0.364. The van der Waals surface area contributed by atoms with E-state index in [0.717, 1.165) is 5.46 Å². The zero-order valence-electron chi connectivity index (χ0n) is 21.5. The Morgan fingerprint density at radius 1 is 0.636 bits per heavy atom. The second-order valence-corrected chi connectivity index (χ2v) is 12.4. The highest BCUT2D eigenvalue weighted by molar-refractivity contribution is 6.65. The van der Waals surface area contributed by atoms with Gasteiger partial charge in [0.05, 0.1) is 11.2 Å². The van der Waals surface area contributed by atoms with Crippen LogP contribution in [0.3, 0.4) is 0 Å². The van der Waals surface area contributed by atoms with E-state index in [1.165, 1.54) is 45.9 Å². The van der Waals surface area contributed by atoms with E-state index in [9.17, 15) is 0 Å². The monoisotopic (exact) mass is 440 g/mol. The predicted octanol–water partition coefficient (Wildman–Crippen LogP) is 7.16. The third kappa shape index (κ3) is 3.56. The van der Waals surface area contributed by atoms with Gasteiger partial charge in [-0.15, -0.1) is 0 Å². The molecule has 3 aromatic rings. The van der Waals surface area contributed by atoms with Gasteiger partial charge in [-0.2, -0.15) is 0 Å². The van der Waals surface area contributed by atoms with E-state index in [4.69, 9.17) is 9.31 Å². The maximum Gasteiger partial charge on any atom is 0.495 e. The lowest BCUT2D eigenvalue weighted by Crippen LogP contribution is -2.41. The molecule has 2 nitrogen and oxygen atoms in total. The molecular weight excluding hydrogens is 403 g/mol. The van der Waals surface area contributed by atoms with Crippen LogP contribution in [-0.2, 0) is 20.1 Å². The molecule has 1 saturated heterocycles. The SMILES string of the molecule is CC1(C)CCC(C)(C)c2cc(-c3ccc(B4OC(C)(C)C(C)(C)O4)c4ccccc34)ccc21. The van der Waals surface area contributed by atoms with E-state index >= 15 is 0 Å². The van der Waals surface area contributed by atoms with Gasteiger partial charge in [-0.3, -0.25) is 0 Å². The molecular formula is C30H37BO2. The summed E-state index contributed by atoms with van der Waals surface area (Å²) in [6.07, 6.45) is 2.45. The molecule has 33 heavy (non-hydrogen) atoms. The maximum atomic E-state index is 6.41. The number of hydrogen-bond acceptors (Lipinski definition) is 2. The summed E-state index contributed by atoms with van der Waals surface area (Å²) in [6.45, 7) is 18.0. The summed E-state index contributed by atoms with van der Waals surface area (Å²) in [6, 6.07) is 20.3. The Labute approximate surface area is 199 Å². The average Bonchev–Trinajstić information content (AvgIpc) is 2.97. The highest BCUT2D eigenvalue weighted by Crippen LogP contribution is 2.47. The Morgan fingerprint density at radius 3 is 1.85 bits per heavy atom. The van der Waals surface area contributed by atoms with E-state index in [-0.39, 0.29) is 29.2 Å². The standard InChI is InChI=1S/C30H37BO2/c1-27(2)17-18-28(3,4)25-19-20(13-15-24(25)27)21-14-16-26(23-12-10-9-11-22(21)23)31-32-29(5,6)30(7,8)33-31/h9-16,19H,17-18H2,1-8H3. The van der Waals surface area contributed by atoms with Crippen LogP contribution < -0.4 is 5.46 Å². The molecule has 3 heteroatoms. The number of hydrogen-bond donors (Lipinski definition) is 0. The highest BCUT2D eigenvalue weighted by atomic mass is 16.7. The van der Waals surface area contributed by atoms with Crippen molar-refractivity contribution in [2.24, 2.45) is 0 Å². The van der Waals surface area contributed by atoms with Crippen molar-refractivity contribution >= 4 is 23.4 Å². The molecule has 0 radical (unpaired) electrons. The second-order valence-electron chi connectivity index (χ2n) is 12.4. The molecule has 1 fully saturated rings. The van der Waals surface area contributed by atoms with Crippen molar-refractivity contribution < 1.29 is 9.31 Å².